The molecule has 0 saturated heterocycles. The van der Waals surface area contributed by atoms with Crippen LogP contribution in [0.1, 0.15) is 29.2 Å². The van der Waals surface area contributed by atoms with Crippen LogP contribution < -0.4 is 0 Å². The molecule has 0 saturated carbocycles. The van der Waals surface area contributed by atoms with Crippen molar-refractivity contribution >= 4 is 33.3 Å². The fourth-order valence-electron chi connectivity index (χ4n) is 7.58. The molecule has 0 radical (unpaired) electrons. The van der Waals surface area contributed by atoms with Gasteiger partial charge in [-0.1, -0.05) is 122 Å². The summed E-state index contributed by atoms with van der Waals surface area (Å²) in [7, 11) is 2.18. The second kappa shape index (κ2) is 10.2. The lowest BCUT2D eigenvalue weighted by atomic mass is 9.66. The van der Waals surface area contributed by atoms with Crippen LogP contribution >= 0.6 is 0 Å². The molecule has 0 amide bonds. The molecule has 4 aromatic rings. The fourth-order valence-corrected chi connectivity index (χ4v) is 7.58. The Morgan fingerprint density at radius 3 is 2.59 bits per heavy atom. The van der Waals surface area contributed by atoms with Crippen LogP contribution in [0.5, 0.6) is 0 Å². The minimum Gasteiger partial charge on any atom is -0.351 e. The van der Waals surface area contributed by atoms with Crippen molar-refractivity contribution in [2.24, 2.45) is 4.99 Å². The van der Waals surface area contributed by atoms with Crippen LogP contribution in [-0.4, -0.2) is 34.4 Å². The molecule has 3 nitrogen and oxygen atoms in total. The number of hydrogen-bond donors (Lipinski definition) is 0. The first kappa shape index (κ1) is 26.5. The van der Waals surface area contributed by atoms with Crippen LogP contribution in [0.4, 0.5) is 0 Å². The zero-order chi connectivity index (χ0) is 29.8. The summed E-state index contributed by atoms with van der Waals surface area (Å²) in [4.78, 5) is 7.63. The highest BCUT2D eigenvalue weighted by Crippen LogP contribution is 2.49. The Kier molecular flexibility index (Phi) is 6.16. The van der Waals surface area contributed by atoms with Crippen molar-refractivity contribution in [2.75, 3.05) is 7.05 Å². The number of para-hydroxylation sites is 1. The SMILES string of the molecule is C=C1/C=C\C=C/Cc2ccccc2C12/C=C/C=C\C=C(/C)n1c3ccccc3c3cc(C4=NC5C=CC=CC5N4C)cc2c31. The predicted molar refractivity (Wildman–Crippen MR) is 186 cm³/mol. The number of likely N-dealkylation sites (N-methyl/N-ethyl adjacent to an activating group) is 1. The molecule has 3 atom stereocenters. The summed E-state index contributed by atoms with van der Waals surface area (Å²) in [5.41, 5.74) is 8.86. The third-order valence-electron chi connectivity index (χ3n) is 9.67. The minimum absolute atomic E-state index is 0.116. The van der Waals surface area contributed by atoms with Gasteiger partial charge < -0.3 is 9.47 Å². The molecule has 3 unspecified atom stereocenters. The summed E-state index contributed by atoms with van der Waals surface area (Å²) in [5.74, 6) is 1.02. The number of benzene rings is 3. The Bertz CT molecular complexity index is 2100. The van der Waals surface area contributed by atoms with E-state index >= 15 is 0 Å². The molecule has 4 aliphatic rings. The zero-order valence-electron chi connectivity index (χ0n) is 25.2. The summed E-state index contributed by atoms with van der Waals surface area (Å²) >= 11 is 0. The Morgan fingerprint density at radius 1 is 0.841 bits per heavy atom. The van der Waals surface area contributed by atoms with Gasteiger partial charge in [-0.05, 0) is 59.9 Å². The minimum atomic E-state index is -0.633. The van der Waals surface area contributed by atoms with Gasteiger partial charge in [0.15, 0.2) is 0 Å². The van der Waals surface area contributed by atoms with Crippen molar-refractivity contribution < 1.29 is 0 Å². The van der Waals surface area contributed by atoms with Gasteiger partial charge in [0, 0.05) is 29.1 Å². The first-order chi connectivity index (χ1) is 21.6. The van der Waals surface area contributed by atoms with E-state index in [-0.39, 0.29) is 12.1 Å². The molecule has 3 heteroatoms. The monoisotopic (exact) mass is 569 g/mol. The largest absolute Gasteiger partial charge is 0.351 e. The number of aromatic nitrogens is 1. The molecule has 2 aliphatic heterocycles. The Hall–Kier alpha value is -5.15. The third-order valence-corrected chi connectivity index (χ3v) is 9.67. The summed E-state index contributed by atoms with van der Waals surface area (Å²) in [6, 6.07) is 22.8. The lowest BCUT2D eigenvalue weighted by Gasteiger charge is -2.36. The van der Waals surface area contributed by atoms with E-state index in [4.69, 9.17) is 11.6 Å². The van der Waals surface area contributed by atoms with Crippen LogP contribution in [0.25, 0.3) is 27.5 Å². The van der Waals surface area contributed by atoms with E-state index in [2.05, 4.69) is 163 Å². The molecule has 1 aromatic heterocycles. The van der Waals surface area contributed by atoms with Crippen LogP contribution in [0.3, 0.4) is 0 Å². The molecule has 0 fully saturated rings. The second-order valence-electron chi connectivity index (χ2n) is 12.1. The molecule has 1 spiro atoms. The molecule has 3 heterocycles. The molecule has 44 heavy (non-hydrogen) atoms. The van der Waals surface area contributed by atoms with Crippen molar-refractivity contribution in [2.45, 2.75) is 30.8 Å². The summed E-state index contributed by atoms with van der Waals surface area (Å²) in [6.45, 7) is 7.02. The van der Waals surface area contributed by atoms with Gasteiger partial charge in [0.2, 0.25) is 0 Å². The molecule has 0 N–H and O–H groups in total. The van der Waals surface area contributed by atoms with Crippen LogP contribution in [0.15, 0.2) is 157 Å². The lowest BCUT2D eigenvalue weighted by molar-refractivity contribution is 0.437. The number of hydrogen-bond acceptors (Lipinski definition) is 2. The number of aliphatic imine (C=N–C) groups is 1. The normalized spacial score (nSPS) is 28.0. The predicted octanol–water partition coefficient (Wildman–Crippen LogP) is 8.85. The van der Waals surface area contributed by atoms with Crippen molar-refractivity contribution in [1.82, 2.24) is 9.47 Å². The quantitative estimate of drug-likeness (QED) is 0.224. The van der Waals surface area contributed by atoms with E-state index in [9.17, 15) is 0 Å². The van der Waals surface area contributed by atoms with E-state index in [1.54, 1.807) is 0 Å². The standard InChI is InChI=1S/C41H35N3/c1-28-16-6-4-8-18-30-19-9-11-21-34(30)41(28)25-15-5-7-17-29(2)44-37-23-13-10-20-32(37)33-26-31(27-35(41)39(33)44)40-42-36-22-12-14-24-38(36)43(40)3/h4-17,19-27,36,38H,1,18H2,2-3H3/b7-5-,8-4-,16-6-,25-15+,29-17+. The molecule has 0 bridgehead atoms. The third kappa shape index (κ3) is 3.85. The second-order valence-corrected chi connectivity index (χ2v) is 12.1. The van der Waals surface area contributed by atoms with Gasteiger partial charge in [-0.15, -0.1) is 0 Å². The maximum atomic E-state index is 5.29. The average Bonchev–Trinajstić information content (AvgIpc) is 3.58. The van der Waals surface area contributed by atoms with Crippen molar-refractivity contribution in [3.8, 4) is 0 Å². The van der Waals surface area contributed by atoms with Gasteiger partial charge in [0.25, 0.3) is 0 Å². The van der Waals surface area contributed by atoms with Crippen LogP contribution in [0.2, 0.25) is 0 Å². The van der Waals surface area contributed by atoms with Crippen LogP contribution in [-0.2, 0) is 11.8 Å². The highest BCUT2D eigenvalue weighted by molar-refractivity contribution is 6.15. The summed E-state index contributed by atoms with van der Waals surface area (Å²) < 4.78 is 2.45. The lowest BCUT2D eigenvalue weighted by Crippen LogP contribution is -2.36. The topological polar surface area (TPSA) is 20.5 Å². The Morgan fingerprint density at radius 2 is 1.68 bits per heavy atom. The molecular formula is C41H35N3. The van der Waals surface area contributed by atoms with E-state index < -0.39 is 5.41 Å². The molecular weight excluding hydrogens is 534 g/mol. The van der Waals surface area contributed by atoms with Gasteiger partial charge in [-0.3, -0.25) is 4.99 Å². The Balaban J connectivity index is 1.56. The average molecular weight is 570 g/mol. The molecule has 2 aliphatic carbocycles. The maximum absolute atomic E-state index is 5.29. The van der Waals surface area contributed by atoms with E-state index in [0.717, 1.165) is 23.4 Å². The maximum Gasteiger partial charge on any atom is 0.131 e. The van der Waals surface area contributed by atoms with E-state index in [0.29, 0.717) is 0 Å². The number of allylic oxidation sites excluding steroid dienone is 13. The van der Waals surface area contributed by atoms with Crippen molar-refractivity contribution in [1.29, 1.82) is 0 Å². The summed E-state index contributed by atoms with van der Waals surface area (Å²) in [6.07, 6.45) is 29.3. The first-order valence-electron chi connectivity index (χ1n) is 15.5. The summed E-state index contributed by atoms with van der Waals surface area (Å²) in [5, 5.41) is 2.46. The smallest absolute Gasteiger partial charge is 0.131 e. The van der Waals surface area contributed by atoms with Gasteiger partial charge in [-0.2, -0.15) is 0 Å². The molecule has 8 rings (SSSR count). The van der Waals surface area contributed by atoms with Gasteiger partial charge in [0.1, 0.15) is 5.84 Å². The number of rotatable bonds is 1. The van der Waals surface area contributed by atoms with Gasteiger partial charge in [0.05, 0.1) is 28.5 Å². The first-order valence-corrected chi connectivity index (χ1v) is 15.5. The van der Waals surface area contributed by atoms with Gasteiger partial charge in [-0.25, -0.2) is 0 Å². The number of fused-ring (bicyclic) bond motifs is 7. The van der Waals surface area contributed by atoms with E-state index in [1.165, 1.54) is 44.2 Å². The molecule has 214 valence electrons. The number of amidine groups is 1. The van der Waals surface area contributed by atoms with E-state index in [1.807, 2.05) is 0 Å². The Labute approximate surface area is 259 Å². The highest BCUT2D eigenvalue weighted by Gasteiger charge is 2.40. The number of nitrogens with zero attached hydrogens (tertiary/aromatic N) is 3. The zero-order valence-corrected chi connectivity index (χ0v) is 25.2. The van der Waals surface area contributed by atoms with Crippen molar-refractivity contribution in [3.05, 3.63) is 174 Å². The van der Waals surface area contributed by atoms with Gasteiger partial charge >= 0.3 is 0 Å². The van der Waals surface area contributed by atoms with Crippen molar-refractivity contribution in [3.63, 3.8) is 0 Å². The molecule has 3 aromatic carbocycles. The fraction of sp³-hybridized carbons (Fsp3) is 0.146. The highest BCUT2D eigenvalue weighted by atomic mass is 15.3. The van der Waals surface area contributed by atoms with Crippen LogP contribution in [0, 0.1) is 0 Å².